The normalized spacial score (nSPS) is 24.8. The van der Waals surface area contributed by atoms with Crippen molar-refractivity contribution in [2.45, 2.75) is 25.2 Å². The number of rotatable bonds is 6. The summed E-state index contributed by atoms with van der Waals surface area (Å²) in [5, 5.41) is 6.49. The zero-order valence-corrected chi connectivity index (χ0v) is 14.8. The number of hydrogen-bond donors (Lipinski definition) is 2. The lowest BCUT2D eigenvalue weighted by molar-refractivity contribution is -0.123. The van der Waals surface area contributed by atoms with Crippen LogP contribution >= 0.6 is 12.4 Å². The molecule has 24 heavy (non-hydrogen) atoms. The van der Waals surface area contributed by atoms with Gasteiger partial charge in [0, 0.05) is 25.0 Å². The number of amides is 1. The Morgan fingerprint density at radius 3 is 2.62 bits per heavy atom. The van der Waals surface area contributed by atoms with Gasteiger partial charge in [0.2, 0.25) is 5.91 Å². The lowest BCUT2D eigenvalue weighted by Crippen LogP contribution is -2.47. The predicted octanol–water partition coefficient (Wildman–Crippen LogP) is 2.48. The molecule has 6 heteroatoms. The molecule has 2 fully saturated rings. The lowest BCUT2D eigenvalue weighted by Gasteiger charge is -2.37. The van der Waals surface area contributed by atoms with E-state index in [-0.39, 0.29) is 41.4 Å². The van der Waals surface area contributed by atoms with Gasteiger partial charge in [-0.3, -0.25) is 4.79 Å². The molecule has 2 N–H and O–H groups in total. The van der Waals surface area contributed by atoms with E-state index in [4.69, 9.17) is 4.74 Å². The first-order valence-corrected chi connectivity index (χ1v) is 8.36. The number of halogens is 2. The molecule has 3 rings (SSSR count). The Bertz CT molecular complexity index is 541. The predicted molar refractivity (Wildman–Crippen MR) is 93.9 cm³/mol. The highest BCUT2D eigenvalue weighted by atomic mass is 35.5. The molecule has 1 aliphatic carbocycles. The van der Waals surface area contributed by atoms with Crippen molar-refractivity contribution in [3.63, 3.8) is 0 Å². The van der Waals surface area contributed by atoms with Crippen molar-refractivity contribution in [1.82, 2.24) is 10.6 Å². The summed E-state index contributed by atoms with van der Waals surface area (Å²) in [5.74, 6) is 0.153. The molecule has 2 atom stereocenters. The molecule has 0 bridgehead atoms. The van der Waals surface area contributed by atoms with E-state index in [1.165, 1.54) is 12.1 Å². The number of ether oxygens (including phenoxy) is 1. The summed E-state index contributed by atoms with van der Waals surface area (Å²) in [7, 11) is 1.72. The summed E-state index contributed by atoms with van der Waals surface area (Å²) in [4.78, 5) is 12.4. The number of piperidine rings is 1. The van der Waals surface area contributed by atoms with Gasteiger partial charge in [-0.2, -0.15) is 0 Å². The van der Waals surface area contributed by atoms with Gasteiger partial charge in [0.25, 0.3) is 0 Å². The van der Waals surface area contributed by atoms with Gasteiger partial charge in [-0.25, -0.2) is 4.39 Å². The fourth-order valence-electron chi connectivity index (χ4n) is 3.60. The Balaban J connectivity index is 0.00000208. The summed E-state index contributed by atoms with van der Waals surface area (Å²) >= 11 is 0. The molecule has 1 aromatic carbocycles. The van der Waals surface area contributed by atoms with E-state index < -0.39 is 0 Å². The molecular weight excluding hydrogens is 331 g/mol. The smallest absolute Gasteiger partial charge is 0.223 e. The maximum atomic E-state index is 13.0. The van der Waals surface area contributed by atoms with Crippen LogP contribution in [0.2, 0.25) is 0 Å². The minimum atomic E-state index is -0.234. The fraction of sp³-hybridized carbons (Fsp3) is 0.611. The van der Waals surface area contributed by atoms with Gasteiger partial charge in [-0.15, -0.1) is 12.4 Å². The first-order valence-electron chi connectivity index (χ1n) is 8.36. The van der Waals surface area contributed by atoms with Crippen LogP contribution in [0.4, 0.5) is 4.39 Å². The average Bonchev–Trinajstić information content (AvgIpc) is 3.35. The highest BCUT2D eigenvalue weighted by molar-refractivity contribution is 5.85. The molecule has 0 aromatic heterocycles. The minimum absolute atomic E-state index is 0. The molecular formula is C18H26ClFN2O2. The largest absolute Gasteiger partial charge is 0.384 e. The molecule has 1 amide bonds. The maximum Gasteiger partial charge on any atom is 0.223 e. The van der Waals surface area contributed by atoms with Crippen molar-refractivity contribution in [2.75, 3.05) is 33.4 Å². The van der Waals surface area contributed by atoms with Crippen LogP contribution in [0.1, 0.15) is 30.7 Å². The average molecular weight is 357 g/mol. The van der Waals surface area contributed by atoms with Crippen molar-refractivity contribution in [1.29, 1.82) is 0 Å². The van der Waals surface area contributed by atoms with Crippen molar-refractivity contribution in [3.8, 4) is 0 Å². The van der Waals surface area contributed by atoms with E-state index in [1.807, 2.05) is 0 Å². The molecule has 2 aliphatic rings. The van der Waals surface area contributed by atoms with Gasteiger partial charge in [0.15, 0.2) is 0 Å². The molecule has 1 aromatic rings. The second-order valence-corrected chi connectivity index (χ2v) is 6.90. The first-order chi connectivity index (χ1) is 11.1. The van der Waals surface area contributed by atoms with Crippen molar-refractivity contribution in [3.05, 3.63) is 35.6 Å². The van der Waals surface area contributed by atoms with Crippen molar-refractivity contribution < 1.29 is 13.9 Å². The van der Waals surface area contributed by atoms with Crippen LogP contribution in [-0.4, -0.2) is 39.3 Å². The molecule has 1 saturated heterocycles. The van der Waals surface area contributed by atoms with Crippen LogP contribution in [0.15, 0.2) is 24.3 Å². The summed E-state index contributed by atoms with van der Waals surface area (Å²) < 4.78 is 18.4. The highest BCUT2D eigenvalue weighted by Crippen LogP contribution is 2.47. The molecule has 1 heterocycles. The van der Waals surface area contributed by atoms with Gasteiger partial charge in [0.1, 0.15) is 5.82 Å². The number of hydrogen-bond acceptors (Lipinski definition) is 3. The van der Waals surface area contributed by atoms with E-state index >= 15 is 0 Å². The summed E-state index contributed by atoms with van der Waals surface area (Å²) in [6.07, 6.45) is 2.90. The van der Waals surface area contributed by atoms with E-state index in [0.717, 1.165) is 37.9 Å². The molecule has 0 radical (unpaired) electrons. The number of carbonyl (C=O) groups excluding carboxylic acids is 1. The van der Waals surface area contributed by atoms with Crippen LogP contribution in [0.5, 0.6) is 0 Å². The maximum absolute atomic E-state index is 13.0. The Labute approximate surface area is 148 Å². The fourth-order valence-corrected chi connectivity index (χ4v) is 3.60. The zero-order valence-electron chi connectivity index (χ0n) is 14.0. The standard InChI is InChI=1S/C18H25FN2O2.ClH/c1-23-12-18(6-8-20-9-7-18)11-21-17(22)16-10-15(16)13-2-4-14(19)5-3-13;/h2-5,15-16,20H,6-12H2,1H3,(H,21,22);1H. The van der Waals surface area contributed by atoms with Gasteiger partial charge in [-0.1, -0.05) is 12.1 Å². The Morgan fingerprint density at radius 1 is 1.33 bits per heavy atom. The topological polar surface area (TPSA) is 50.4 Å². The molecule has 1 aliphatic heterocycles. The third-order valence-electron chi connectivity index (χ3n) is 5.18. The monoisotopic (exact) mass is 356 g/mol. The SMILES string of the molecule is COCC1(CNC(=O)C2CC2c2ccc(F)cc2)CCNCC1.Cl. The van der Waals surface area contributed by atoms with Gasteiger partial charge >= 0.3 is 0 Å². The molecule has 1 saturated carbocycles. The van der Waals surface area contributed by atoms with Gasteiger partial charge < -0.3 is 15.4 Å². The lowest BCUT2D eigenvalue weighted by atomic mass is 9.79. The molecule has 134 valence electrons. The van der Waals surface area contributed by atoms with Crippen LogP contribution in [0.25, 0.3) is 0 Å². The second-order valence-electron chi connectivity index (χ2n) is 6.90. The molecule has 2 unspecified atom stereocenters. The third-order valence-corrected chi connectivity index (χ3v) is 5.18. The second kappa shape index (κ2) is 8.28. The van der Waals surface area contributed by atoms with Crippen LogP contribution < -0.4 is 10.6 Å². The summed E-state index contributed by atoms with van der Waals surface area (Å²) in [5.41, 5.74) is 1.11. The number of nitrogens with one attached hydrogen (secondary N) is 2. The van der Waals surface area contributed by atoms with Gasteiger partial charge in [-0.05, 0) is 56.0 Å². The number of methoxy groups -OCH3 is 1. The molecule has 4 nitrogen and oxygen atoms in total. The van der Waals surface area contributed by atoms with E-state index in [2.05, 4.69) is 10.6 Å². The van der Waals surface area contributed by atoms with E-state index in [0.29, 0.717) is 13.2 Å². The summed E-state index contributed by atoms with van der Waals surface area (Å²) in [6.45, 7) is 3.30. The van der Waals surface area contributed by atoms with Crippen LogP contribution in [-0.2, 0) is 9.53 Å². The van der Waals surface area contributed by atoms with Crippen molar-refractivity contribution >= 4 is 18.3 Å². The Kier molecular flexibility index (Phi) is 6.61. The van der Waals surface area contributed by atoms with Crippen molar-refractivity contribution in [2.24, 2.45) is 11.3 Å². The first kappa shape index (κ1) is 19.2. The third kappa shape index (κ3) is 4.47. The minimum Gasteiger partial charge on any atom is -0.384 e. The number of carbonyl (C=O) groups is 1. The summed E-state index contributed by atoms with van der Waals surface area (Å²) in [6, 6.07) is 6.50. The Morgan fingerprint density at radius 2 is 2.00 bits per heavy atom. The van der Waals surface area contributed by atoms with Crippen LogP contribution in [0.3, 0.4) is 0 Å². The van der Waals surface area contributed by atoms with E-state index in [1.54, 1.807) is 19.2 Å². The highest BCUT2D eigenvalue weighted by Gasteiger charge is 2.44. The Hall–Kier alpha value is -1.17. The quantitative estimate of drug-likeness (QED) is 0.823. The van der Waals surface area contributed by atoms with E-state index in [9.17, 15) is 9.18 Å². The molecule has 0 spiro atoms. The van der Waals surface area contributed by atoms with Gasteiger partial charge in [0.05, 0.1) is 6.61 Å². The zero-order chi connectivity index (χ0) is 16.3. The number of benzene rings is 1. The van der Waals surface area contributed by atoms with Crippen LogP contribution in [0, 0.1) is 17.2 Å².